The fourth-order valence-corrected chi connectivity index (χ4v) is 1.32. The molecule has 6 nitrogen and oxygen atoms in total. The second kappa shape index (κ2) is 6.05. The fourth-order valence-electron chi connectivity index (χ4n) is 1.32. The molecule has 17 heavy (non-hydrogen) atoms. The number of benzene rings is 1. The van der Waals surface area contributed by atoms with E-state index in [1.54, 1.807) is 0 Å². The molecule has 0 spiro atoms. The topological polar surface area (TPSA) is 87.6 Å². The molecule has 1 aromatic carbocycles. The van der Waals surface area contributed by atoms with Crippen molar-refractivity contribution in [1.82, 2.24) is 0 Å². The molecule has 0 aromatic heterocycles. The van der Waals surface area contributed by atoms with Crippen LogP contribution in [0, 0.1) is 10.1 Å². The normalized spacial score (nSPS) is 12.1. The summed E-state index contributed by atoms with van der Waals surface area (Å²) < 4.78 is 10.7. The number of hydrogen-bond donors (Lipinski definition) is 1. The first-order valence-electron chi connectivity index (χ1n) is 5.33. The molecular formula is C11H16N2O4. The van der Waals surface area contributed by atoms with Crippen molar-refractivity contribution in [2.45, 2.75) is 20.0 Å². The van der Waals surface area contributed by atoms with Crippen molar-refractivity contribution >= 4 is 11.4 Å². The number of nitro groups is 1. The first-order valence-corrected chi connectivity index (χ1v) is 5.33. The van der Waals surface area contributed by atoms with Crippen LogP contribution >= 0.6 is 0 Å². The molecule has 0 fully saturated rings. The number of nitrogens with zero attached hydrogens (tertiary/aromatic N) is 1. The van der Waals surface area contributed by atoms with E-state index in [2.05, 4.69) is 0 Å². The standard InChI is InChI=1S/C11H16N2O4/c1-3-16-7-8(2)17-9-4-5-11(13(14)15)10(12)6-9/h4-6,8H,3,7,12H2,1-2H3. The first-order chi connectivity index (χ1) is 8.04. The minimum absolute atomic E-state index is 0.0936. The SMILES string of the molecule is CCOCC(C)Oc1ccc([N+](=O)[O-])c(N)c1. The van der Waals surface area contributed by atoms with Crippen molar-refractivity contribution < 1.29 is 14.4 Å². The van der Waals surface area contributed by atoms with Gasteiger partial charge in [-0.2, -0.15) is 0 Å². The lowest BCUT2D eigenvalue weighted by molar-refractivity contribution is -0.383. The lowest BCUT2D eigenvalue weighted by Gasteiger charge is -2.14. The quantitative estimate of drug-likeness (QED) is 0.466. The third-order valence-electron chi connectivity index (χ3n) is 2.09. The maximum absolute atomic E-state index is 10.6. The van der Waals surface area contributed by atoms with Gasteiger partial charge >= 0.3 is 0 Å². The molecule has 94 valence electrons. The third kappa shape index (κ3) is 3.92. The molecule has 2 N–H and O–H groups in total. The maximum atomic E-state index is 10.6. The van der Waals surface area contributed by atoms with E-state index in [1.165, 1.54) is 18.2 Å². The highest BCUT2D eigenvalue weighted by molar-refractivity contribution is 5.60. The Morgan fingerprint density at radius 1 is 1.53 bits per heavy atom. The Kier molecular flexibility index (Phi) is 4.71. The second-order valence-corrected chi connectivity index (χ2v) is 3.57. The molecule has 0 saturated carbocycles. The number of hydrogen-bond acceptors (Lipinski definition) is 5. The van der Waals surface area contributed by atoms with Crippen LogP contribution < -0.4 is 10.5 Å². The third-order valence-corrected chi connectivity index (χ3v) is 2.09. The van der Waals surface area contributed by atoms with Gasteiger partial charge in [0, 0.05) is 18.7 Å². The van der Waals surface area contributed by atoms with Gasteiger partial charge in [-0.15, -0.1) is 0 Å². The Bertz CT molecular complexity index is 395. The molecule has 0 aliphatic carbocycles. The van der Waals surface area contributed by atoms with Crippen LogP contribution in [0.5, 0.6) is 5.75 Å². The van der Waals surface area contributed by atoms with Gasteiger partial charge in [0.05, 0.1) is 11.5 Å². The molecule has 0 heterocycles. The minimum Gasteiger partial charge on any atom is -0.488 e. The van der Waals surface area contributed by atoms with E-state index in [-0.39, 0.29) is 17.5 Å². The van der Waals surface area contributed by atoms with Crippen LogP contribution in [0.1, 0.15) is 13.8 Å². The predicted octanol–water partition coefficient (Wildman–Crippen LogP) is 1.98. The molecule has 0 bridgehead atoms. The van der Waals surface area contributed by atoms with Gasteiger partial charge in [-0.05, 0) is 19.9 Å². The number of nitrogen functional groups attached to an aromatic ring is 1. The van der Waals surface area contributed by atoms with E-state index in [0.29, 0.717) is 19.0 Å². The Morgan fingerprint density at radius 2 is 2.24 bits per heavy atom. The largest absolute Gasteiger partial charge is 0.488 e. The van der Waals surface area contributed by atoms with Crippen LogP contribution in [0.4, 0.5) is 11.4 Å². The lowest BCUT2D eigenvalue weighted by Crippen LogP contribution is -2.19. The Balaban J connectivity index is 2.67. The summed E-state index contributed by atoms with van der Waals surface area (Å²) in [5.41, 5.74) is 5.52. The van der Waals surface area contributed by atoms with Crippen molar-refractivity contribution in [2.24, 2.45) is 0 Å². The smallest absolute Gasteiger partial charge is 0.292 e. The van der Waals surface area contributed by atoms with E-state index in [0.717, 1.165) is 0 Å². The van der Waals surface area contributed by atoms with E-state index in [1.807, 2.05) is 13.8 Å². The van der Waals surface area contributed by atoms with Gasteiger partial charge in [-0.25, -0.2) is 0 Å². The second-order valence-electron chi connectivity index (χ2n) is 3.57. The number of anilines is 1. The van der Waals surface area contributed by atoms with E-state index >= 15 is 0 Å². The molecular weight excluding hydrogens is 224 g/mol. The zero-order valence-electron chi connectivity index (χ0n) is 9.88. The molecule has 1 aromatic rings. The zero-order valence-corrected chi connectivity index (χ0v) is 9.88. The zero-order chi connectivity index (χ0) is 12.8. The van der Waals surface area contributed by atoms with Gasteiger partial charge in [-0.3, -0.25) is 10.1 Å². The molecule has 1 rings (SSSR count). The van der Waals surface area contributed by atoms with E-state index < -0.39 is 4.92 Å². The summed E-state index contributed by atoms with van der Waals surface area (Å²) in [6, 6.07) is 4.30. The lowest BCUT2D eigenvalue weighted by atomic mass is 10.2. The number of ether oxygens (including phenoxy) is 2. The summed E-state index contributed by atoms with van der Waals surface area (Å²) in [5, 5.41) is 10.6. The Hall–Kier alpha value is -1.82. The van der Waals surface area contributed by atoms with Crippen LogP contribution in [0.15, 0.2) is 18.2 Å². The van der Waals surface area contributed by atoms with Gasteiger partial charge in [0.15, 0.2) is 0 Å². The molecule has 6 heteroatoms. The highest BCUT2D eigenvalue weighted by Crippen LogP contribution is 2.26. The maximum Gasteiger partial charge on any atom is 0.292 e. The van der Waals surface area contributed by atoms with E-state index in [4.69, 9.17) is 15.2 Å². The van der Waals surface area contributed by atoms with Crippen molar-refractivity contribution in [3.05, 3.63) is 28.3 Å². The predicted molar refractivity (Wildman–Crippen MR) is 64.1 cm³/mol. The van der Waals surface area contributed by atoms with Gasteiger partial charge in [-0.1, -0.05) is 0 Å². The summed E-state index contributed by atoms with van der Waals surface area (Å²) in [7, 11) is 0. The van der Waals surface area contributed by atoms with Crippen molar-refractivity contribution in [3.63, 3.8) is 0 Å². The molecule has 0 saturated heterocycles. The van der Waals surface area contributed by atoms with Crippen molar-refractivity contribution in [3.8, 4) is 5.75 Å². The van der Waals surface area contributed by atoms with Crippen LogP contribution in [-0.2, 0) is 4.74 Å². The van der Waals surface area contributed by atoms with Crippen molar-refractivity contribution in [1.29, 1.82) is 0 Å². The molecule has 0 radical (unpaired) electrons. The van der Waals surface area contributed by atoms with E-state index in [9.17, 15) is 10.1 Å². The summed E-state index contributed by atoms with van der Waals surface area (Å²) in [6.07, 6.45) is -0.129. The highest BCUT2D eigenvalue weighted by atomic mass is 16.6. The molecule has 0 amide bonds. The van der Waals surface area contributed by atoms with Gasteiger partial charge in [0.1, 0.15) is 17.5 Å². The van der Waals surface area contributed by atoms with Crippen LogP contribution in [0.25, 0.3) is 0 Å². The fraction of sp³-hybridized carbons (Fsp3) is 0.455. The van der Waals surface area contributed by atoms with Gasteiger partial charge in [0.25, 0.3) is 5.69 Å². The molecule has 0 aliphatic rings. The van der Waals surface area contributed by atoms with Gasteiger partial charge < -0.3 is 15.2 Å². The van der Waals surface area contributed by atoms with Crippen LogP contribution in [0.2, 0.25) is 0 Å². The van der Waals surface area contributed by atoms with Crippen LogP contribution in [-0.4, -0.2) is 24.2 Å². The average Bonchev–Trinajstić information content (AvgIpc) is 2.26. The summed E-state index contributed by atoms with van der Waals surface area (Å²) in [6.45, 7) is 4.84. The summed E-state index contributed by atoms with van der Waals surface area (Å²) in [4.78, 5) is 10.0. The minimum atomic E-state index is -0.525. The summed E-state index contributed by atoms with van der Waals surface area (Å²) in [5.74, 6) is 0.500. The monoisotopic (exact) mass is 240 g/mol. The Labute approximate surface area is 99.5 Å². The molecule has 0 aliphatic heterocycles. The molecule has 1 atom stereocenters. The van der Waals surface area contributed by atoms with Crippen LogP contribution in [0.3, 0.4) is 0 Å². The number of rotatable bonds is 6. The Morgan fingerprint density at radius 3 is 2.76 bits per heavy atom. The number of nitro benzene ring substituents is 1. The van der Waals surface area contributed by atoms with Crippen molar-refractivity contribution in [2.75, 3.05) is 18.9 Å². The number of nitrogens with two attached hydrogens (primary N) is 1. The van der Waals surface area contributed by atoms with Gasteiger partial charge in [0.2, 0.25) is 0 Å². The molecule has 1 unspecified atom stereocenters. The summed E-state index contributed by atoms with van der Waals surface area (Å²) >= 11 is 0. The highest BCUT2D eigenvalue weighted by Gasteiger charge is 2.12. The first kappa shape index (κ1) is 13.2. The average molecular weight is 240 g/mol.